The number of aryl methyl sites for hydroxylation is 1. The topological polar surface area (TPSA) is 22.2 Å². The lowest BCUT2D eigenvalue weighted by Gasteiger charge is -2.23. The molecular weight excluding hydrogens is 558 g/mol. The SMILES string of the molecule is CC(C)(C)CCc1cccc2c1nc1n(-c3ccc4c(c3)-c3ccccc3-c3ccccc3-c3ccccc3-4)c3ccccc3n21. The van der Waals surface area contributed by atoms with Gasteiger partial charge in [-0.25, -0.2) is 4.98 Å². The lowest BCUT2D eigenvalue weighted by Crippen LogP contribution is -2.06. The number of imidazole rings is 2. The lowest BCUT2D eigenvalue weighted by molar-refractivity contribution is 0.378. The highest BCUT2D eigenvalue weighted by Gasteiger charge is 2.24. The van der Waals surface area contributed by atoms with Crippen molar-refractivity contribution in [2.24, 2.45) is 5.41 Å². The van der Waals surface area contributed by atoms with E-state index >= 15 is 0 Å². The van der Waals surface area contributed by atoms with Crippen molar-refractivity contribution in [2.75, 3.05) is 0 Å². The first-order chi connectivity index (χ1) is 22.5. The molecule has 1 aliphatic rings. The van der Waals surface area contributed by atoms with Gasteiger partial charge >= 0.3 is 0 Å². The first-order valence-corrected chi connectivity index (χ1v) is 16.3. The Morgan fingerprint density at radius 3 is 1.59 bits per heavy atom. The molecule has 0 unspecified atom stereocenters. The van der Waals surface area contributed by atoms with Gasteiger partial charge in [0.2, 0.25) is 5.78 Å². The van der Waals surface area contributed by atoms with Crippen LogP contribution in [0.1, 0.15) is 32.8 Å². The molecule has 8 aromatic rings. The fraction of sp³-hybridized carbons (Fsp3) is 0.140. The van der Waals surface area contributed by atoms with Crippen LogP contribution < -0.4 is 0 Å². The summed E-state index contributed by atoms with van der Waals surface area (Å²) >= 11 is 0. The maximum atomic E-state index is 5.41. The molecule has 0 saturated heterocycles. The summed E-state index contributed by atoms with van der Waals surface area (Å²) in [7, 11) is 0. The number of fused-ring (bicyclic) bond motifs is 13. The predicted octanol–water partition coefficient (Wildman–Crippen LogP) is 11.4. The van der Waals surface area contributed by atoms with Crippen molar-refractivity contribution in [3.63, 3.8) is 0 Å². The third kappa shape index (κ3) is 4.08. The van der Waals surface area contributed by atoms with Crippen molar-refractivity contribution in [3.05, 3.63) is 139 Å². The van der Waals surface area contributed by atoms with Gasteiger partial charge in [-0.2, -0.15) is 0 Å². The summed E-state index contributed by atoms with van der Waals surface area (Å²) in [6.07, 6.45) is 2.12. The molecule has 2 aromatic heterocycles. The molecule has 0 aliphatic heterocycles. The molecule has 0 fully saturated rings. The van der Waals surface area contributed by atoms with E-state index < -0.39 is 0 Å². The van der Waals surface area contributed by atoms with Crippen LogP contribution in [0.15, 0.2) is 133 Å². The average Bonchev–Trinajstić information content (AvgIpc) is 3.61. The van der Waals surface area contributed by atoms with Gasteiger partial charge in [-0.1, -0.05) is 124 Å². The van der Waals surface area contributed by atoms with Gasteiger partial charge in [-0.15, -0.1) is 0 Å². The third-order valence-electron chi connectivity index (χ3n) is 9.66. The second-order valence-corrected chi connectivity index (χ2v) is 13.8. The fourth-order valence-corrected chi connectivity index (χ4v) is 7.44. The van der Waals surface area contributed by atoms with Crippen LogP contribution >= 0.6 is 0 Å². The van der Waals surface area contributed by atoms with Crippen LogP contribution in [0.3, 0.4) is 0 Å². The van der Waals surface area contributed by atoms with Crippen molar-refractivity contribution in [3.8, 4) is 50.2 Å². The number of nitrogens with zero attached hydrogens (tertiary/aromatic N) is 3. The highest BCUT2D eigenvalue weighted by Crippen LogP contribution is 2.48. The Balaban J connectivity index is 1.33. The number of hydrogen-bond acceptors (Lipinski definition) is 1. The Morgan fingerprint density at radius 2 is 1.00 bits per heavy atom. The zero-order chi connectivity index (χ0) is 31.0. The third-order valence-corrected chi connectivity index (χ3v) is 9.66. The second-order valence-electron chi connectivity index (χ2n) is 13.8. The van der Waals surface area contributed by atoms with E-state index in [1.807, 2.05) is 0 Å². The van der Waals surface area contributed by atoms with Gasteiger partial charge < -0.3 is 0 Å². The maximum Gasteiger partial charge on any atom is 0.220 e. The quantitative estimate of drug-likeness (QED) is 0.200. The molecule has 222 valence electrons. The number of benzene rings is 6. The first-order valence-electron chi connectivity index (χ1n) is 16.3. The summed E-state index contributed by atoms with van der Waals surface area (Å²) in [6, 6.07) is 48.8. The minimum Gasteiger partial charge on any atom is -0.278 e. The minimum atomic E-state index is 0.263. The van der Waals surface area contributed by atoms with E-state index in [2.05, 4.69) is 163 Å². The van der Waals surface area contributed by atoms with Crippen molar-refractivity contribution in [2.45, 2.75) is 33.6 Å². The average molecular weight is 594 g/mol. The van der Waals surface area contributed by atoms with Gasteiger partial charge in [0, 0.05) is 5.69 Å². The van der Waals surface area contributed by atoms with Crippen LogP contribution in [-0.2, 0) is 6.42 Å². The molecule has 46 heavy (non-hydrogen) atoms. The van der Waals surface area contributed by atoms with E-state index in [1.165, 1.54) is 61.1 Å². The number of para-hydroxylation sites is 3. The minimum absolute atomic E-state index is 0.263. The van der Waals surface area contributed by atoms with E-state index in [1.54, 1.807) is 0 Å². The van der Waals surface area contributed by atoms with Crippen LogP contribution in [0, 0.1) is 5.41 Å². The molecule has 0 N–H and O–H groups in total. The Bertz CT molecular complexity index is 2460. The van der Waals surface area contributed by atoms with Crippen molar-refractivity contribution < 1.29 is 0 Å². The van der Waals surface area contributed by atoms with Crippen LogP contribution in [0.2, 0.25) is 0 Å². The molecule has 3 nitrogen and oxygen atoms in total. The van der Waals surface area contributed by atoms with Crippen LogP contribution in [0.4, 0.5) is 0 Å². The van der Waals surface area contributed by atoms with Gasteiger partial charge in [-0.05, 0) is 98.7 Å². The van der Waals surface area contributed by atoms with Gasteiger partial charge in [0.05, 0.1) is 22.1 Å². The lowest BCUT2D eigenvalue weighted by atomic mass is 9.81. The van der Waals surface area contributed by atoms with E-state index in [0.29, 0.717) is 0 Å². The zero-order valence-electron chi connectivity index (χ0n) is 26.5. The smallest absolute Gasteiger partial charge is 0.220 e. The molecule has 9 rings (SSSR count). The van der Waals surface area contributed by atoms with Gasteiger partial charge in [-0.3, -0.25) is 8.97 Å². The van der Waals surface area contributed by atoms with E-state index in [0.717, 1.165) is 35.3 Å². The predicted molar refractivity (Wildman–Crippen MR) is 193 cm³/mol. The van der Waals surface area contributed by atoms with E-state index in [-0.39, 0.29) is 5.41 Å². The fourth-order valence-electron chi connectivity index (χ4n) is 7.44. The highest BCUT2D eigenvalue weighted by atomic mass is 15.2. The monoisotopic (exact) mass is 593 g/mol. The largest absolute Gasteiger partial charge is 0.278 e. The summed E-state index contributed by atoms with van der Waals surface area (Å²) in [4.78, 5) is 5.41. The number of rotatable bonds is 3. The molecule has 0 spiro atoms. The molecule has 6 aromatic carbocycles. The summed E-state index contributed by atoms with van der Waals surface area (Å²) in [5.74, 6) is 0.948. The van der Waals surface area contributed by atoms with Crippen molar-refractivity contribution in [1.82, 2.24) is 14.0 Å². The Hall–Kier alpha value is -5.41. The maximum absolute atomic E-state index is 5.41. The normalized spacial score (nSPS) is 12.4. The molecule has 1 aliphatic carbocycles. The zero-order valence-corrected chi connectivity index (χ0v) is 26.5. The van der Waals surface area contributed by atoms with Gasteiger partial charge in [0.15, 0.2) is 0 Å². The Labute approximate surface area is 269 Å². The van der Waals surface area contributed by atoms with Crippen LogP contribution in [0.5, 0.6) is 0 Å². The molecule has 0 atom stereocenters. The molecular formula is C43H35N3. The molecule has 2 heterocycles. The molecule has 0 bridgehead atoms. The van der Waals surface area contributed by atoms with E-state index in [4.69, 9.17) is 4.98 Å². The molecule has 0 amide bonds. The number of aromatic nitrogens is 3. The van der Waals surface area contributed by atoms with Crippen LogP contribution in [0.25, 0.3) is 78.0 Å². The van der Waals surface area contributed by atoms with Crippen molar-refractivity contribution >= 4 is 27.8 Å². The first kappa shape index (κ1) is 26.9. The highest BCUT2D eigenvalue weighted by molar-refractivity contribution is 6.03. The number of hydrogen-bond donors (Lipinski definition) is 0. The van der Waals surface area contributed by atoms with Gasteiger partial charge in [0.25, 0.3) is 0 Å². The standard InChI is InChI=1S/C43H35N3/c1-43(2,3)26-25-28-13-12-22-40-41(28)44-42-45(38-20-10-11-21-39(38)46(40)42)29-23-24-36-34-18-7-6-16-32(34)30-14-4-5-15-31(30)33-17-8-9-19-35(33)37(36)27-29/h4-24,27H,25-26H2,1-3H3. The summed E-state index contributed by atoms with van der Waals surface area (Å²) in [5.41, 5.74) is 17.3. The Kier molecular flexibility index (Phi) is 5.89. The summed E-state index contributed by atoms with van der Waals surface area (Å²) < 4.78 is 4.70. The summed E-state index contributed by atoms with van der Waals surface area (Å²) in [6.45, 7) is 6.94. The van der Waals surface area contributed by atoms with E-state index in [9.17, 15) is 0 Å². The molecule has 3 heteroatoms. The van der Waals surface area contributed by atoms with Gasteiger partial charge in [0.1, 0.15) is 0 Å². The second kappa shape index (κ2) is 10.1. The van der Waals surface area contributed by atoms with Crippen LogP contribution in [-0.4, -0.2) is 14.0 Å². The van der Waals surface area contributed by atoms with Crippen molar-refractivity contribution in [1.29, 1.82) is 0 Å². The summed E-state index contributed by atoms with van der Waals surface area (Å²) in [5, 5.41) is 0. The molecule has 0 radical (unpaired) electrons. The molecule has 0 saturated carbocycles. The Morgan fingerprint density at radius 1 is 0.500 bits per heavy atom.